The lowest BCUT2D eigenvalue weighted by Crippen LogP contribution is -2.34. The minimum atomic E-state index is -0.431. The second-order valence-corrected chi connectivity index (χ2v) is 5.45. The number of nitro groups is 1. The van der Waals surface area contributed by atoms with E-state index in [1.807, 2.05) is 0 Å². The smallest absolute Gasteiger partial charge is 0.274 e. The van der Waals surface area contributed by atoms with E-state index in [4.69, 9.17) is 0 Å². The molecule has 1 N–H and O–H groups in total. The van der Waals surface area contributed by atoms with Crippen LogP contribution in [0.15, 0.2) is 18.2 Å². The van der Waals surface area contributed by atoms with E-state index >= 15 is 0 Å². The summed E-state index contributed by atoms with van der Waals surface area (Å²) < 4.78 is 0. The van der Waals surface area contributed by atoms with E-state index in [9.17, 15) is 14.9 Å². The summed E-state index contributed by atoms with van der Waals surface area (Å²) in [4.78, 5) is 24.7. The van der Waals surface area contributed by atoms with Gasteiger partial charge in [0.05, 0.1) is 22.7 Å². The maximum absolute atomic E-state index is 12.1. The molecule has 1 aliphatic heterocycles. The van der Waals surface area contributed by atoms with Crippen molar-refractivity contribution >= 4 is 17.3 Å². The molecule has 6 nitrogen and oxygen atoms in total. The number of anilines is 1. The van der Waals surface area contributed by atoms with E-state index in [1.165, 1.54) is 18.9 Å². The summed E-state index contributed by atoms with van der Waals surface area (Å²) in [5.41, 5.74) is 1.04. The Hall–Kier alpha value is -1.95. The maximum Gasteiger partial charge on any atom is 0.274 e. The zero-order chi connectivity index (χ0) is 15.2. The average Bonchev–Trinajstić information content (AvgIpc) is 2.69. The number of carbonyl (C=O) groups is 1. The second-order valence-electron chi connectivity index (χ2n) is 5.45. The molecule has 1 heterocycles. The first kappa shape index (κ1) is 15.4. The van der Waals surface area contributed by atoms with Crippen LogP contribution in [0.25, 0.3) is 0 Å². The van der Waals surface area contributed by atoms with Crippen LogP contribution in [0, 0.1) is 17.0 Å². The molecular weight excluding hydrogens is 270 g/mol. The standard InChI is InChI=1S/C15H21N3O3/c1-12-13(7-6-8-14(12)18(20)21)16-15(19)11-17-9-4-2-3-5-10-17/h6-8H,2-5,9-11H2,1H3,(H,16,19). The van der Waals surface area contributed by atoms with Gasteiger partial charge < -0.3 is 5.32 Å². The zero-order valence-corrected chi connectivity index (χ0v) is 12.3. The number of nitro benzene ring substituents is 1. The van der Waals surface area contributed by atoms with Crippen molar-refractivity contribution in [2.45, 2.75) is 32.6 Å². The Balaban J connectivity index is 1.99. The van der Waals surface area contributed by atoms with Crippen LogP contribution in [0.1, 0.15) is 31.2 Å². The van der Waals surface area contributed by atoms with Gasteiger partial charge >= 0.3 is 0 Å². The normalized spacial score (nSPS) is 16.2. The molecule has 1 amide bonds. The van der Waals surface area contributed by atoms with Gasteiger partial charge in [-0.15, -0.1) is 0 Å². The minimum absolute atomic E-state index is 0.0302. The van der Waals surface area contributed by atoms with Crippen molar-refractivity contribution in [3.05, 3.63) is 33.9 Å². The summed E-state index contributed by atoms with van der Waals surface area (Å²) in [6.45, 7) is 3.89. The van der Waals surface area contributed by atoms with Gasteiger partial charge in [-0.2, -0.15) is 0 Å². The Morgan fingerprint density at radius 3 is 2.57 bits per heavy atom. The van der Waals surface area contributed by atoms with Crippen LogP contribution in [-0.4, -0.2) is 35.4 Å². The van der Waals surface area contributed by atoms with Crippen LogP contribution in [-0.2, 0) is 4.79 Å². The highest BCUT2D eigenvalue weighted by molar-refractivity contribution is 5.93. The molecule has 21 heavy (non-hydrogen) atoms. The number of carbonyl (C=O) groups excluding carboxylic acids is 1. The van der Waals surface area contributed by atoms with Gasteiger partial charge in [0, 0.05) is 6.07 Å². The molecule has 1 fully saturated rings. The number of rotatable bonds is 4. The van der Waals surface area contributed by atoms with Gasteiger partial charge in [0.25, 0.3) is 5.69 Å². The lowest BCUT2D eigenvalue weighted by molar-refractivity contribution is -0.385. The molecule has 0 aliphatic carbocycles. The lowest BCUT2D eigenvalue weighted by atomic mass is 10.1. The van der Waals surface area contributed by atoms with Crippen LogP contribution in [0.3, 0.4) is 0 Å². The highest BCUT2D eigenvalue weighted by Gasteiger charge is 2.17. The molecule has 1 aromatic rings. The average molecular weight is 291 g/mol. The molecule has 0 unspecified atom stereocenters. The van der Waals surface area contributed by atoms with Gasteiger partial charge in [0.2, 0.25) is 5.91 Å². The summed E-state index contributed by atoms with van der Waals surface area (Å²) in [6, 6.07) is 4.73. The number of hydrogen-bond donors (Lipinski definition) is 1. The molecule has 0 spiro atoms. The van der Waals surface area contributed by atoms with Gasteiger partial charge in [-0.25, -0.2) is 0 Å². The van der Waals surface area contributed by atoms with Crippen molar-refractivity contribution in [2.24, 2.45) is 0 Å². The van der Waals surface area contributed by atoms with Crippen LogP contribution in [0.2, 0.25) is 0 Å². The molecule has 114 valence electrons. The van der Waals surface area contributed by atoms with E-state index in [0.717, 1.165) is 25.9 Å². The van der Waals surface area contributed by atoms with Crippen molar-refractivity contribution in [1.29, 1.82) is 0 Å². The fraction of sp³-hybridized carbons (Fsp3) is 0.533. The molecule has 0 atom stereocenters. The molecule has 0 radical (unpaired) electrons. The number of likely N-dealkylation sites (tertiary alicyclic amines) is 1. The predicted octanol–water partition coefficient (Wildman–Crippen LogP) is 2.72. The topological polar surface area (TPSA) is 75.5 Å². The van der Waals surface area contributed by atoms with Gasteiger partial charge in [-0.05, 0) is 38.9 Å². The monoisotopic (exact) mass is 291 g/mol. The van der Waals surface area contributed by atoms with Crippen LogP contribution in [0.5, 0.6) is 0 Å². The molecule has 1 saturated heterocycles. The van der Waals surface area contributed by atoms with Gasteiger partial charge in [0.15, 0.2) is 0 Å². The fourth-order valence-electron chi connectivity index (χ4n) is 2.64. The van der Waals surface area contributed by atoms with Crippen molar-refractivity contribution in [2.75, 3.05) is 25.0 Å². The van der Waals surface area contributed by atoms with Gasteiger partial charge in [-0.3, -0.25) is 19.8 Å². The minimum Gasteiger partial charge on any atom is -0.324 e. The van der Waals surface area contributed by atoms with Crippen LogP contribution >= 0.6 is 0 Å². The third-order valence-electron chi connectivity index (χ3n) is 3.84. The van der Waals surface area contributed by atoms with Crippen molar-refractivity contribution in [1.82, 2.24) is 4.90 Å². The van der Waals surface area contributed by atoms with Crippen LogP contribution < -0.4 is 5.32 Å². The number of nitrogens with zero attached hydrogens (tertiary/aromatic N) is 2. The quantitative estimate of drug-likeness (QED) is 0.683. The number of nitrogens with one attached hydrogen (secondary N) is 1. The number of hydrogen-bond acceptors (Lipinski definition) is 4. The fourth-order valence-corrected chi connectivity index (χ4v) is 2.64. The van der Waals surface area contributed by atoms with E-state index in [1.54, 1.807) is 19.1 Å². The molecule has 1 aliphatic rings. The highest BCUT2D eigenvalue weighted by Crippen LogP contribution is 2.25. The Bertz CT molecular complexity index is 523. The molecule has 2 rings (SSSR count). The first-order chi connectivity index (χ1) is 10.1. The molecule has 0 saturated carbocycles. The molecular formula is C15H21N3O3. The first-order valence-corrected chi connectivity index (χ1v) is 7.34. The Morgan fingerprint density at radius 1 is 1.29 bits per heavy atom. The largest absolute Gasteiger partial charge is 0.324 e. The van der Waals surface area contributed by atoms with Crippen molar-refractivity contribution in [3.8, 4) is 0 Å². The maximum atomic E-state index is 12.1. The summed E-state index contributed by atoms with van der Waals surface area (Å²) in [5, 5.41) is 13.7. The zero-order valence-electron chi connectivity index (χ0n) is 12.3. The van der Waals surface area contributed by atoms with Crippen molar-refractivity contribution in [3.63, 3.8) is 0 Å². The molecule has 0 aromatic heterocycles. The lowest BCUT2D eigenvalue weighted by Gasteiger charge is -2.19. The number of benzene rings is 1. The molecule has 0 bridgehead atoms. The van der Waals surface area contributed by atoms with Crippen LogP contribution in [0.4, 0.5) is 11.4 Å². The number of amides is 1. The summed E-state index contributed by atoms with van der Waals surface area (Å²) in [7, 11) is 0. The third kappa shape index (κ3) is 4.26. The second kappa shape index (κ2) is 7.17. The summed E-state index contributed by atoms with van der Waals surface area (Å²) in [5.74, 6) is -0.111. The van der Waals surface area contributed by atoms with Gasteiger partial charge in [0.1, 0.15) is 0 Å². The van der Waals surface area contributed by atoms with E-state index in [-0.39, 0.29) is 11.6 Å². The summed E-state index contributed by atoms with van der Waals surface area (Å²) in [6.07, 6.45) is 4.70. The van der Waals surface area contributed by atoms with E-state index in [2.05, 4.69) is 10.2 Å². The Kier molecular flexibility index (Phi) is 5.27. The highest BCUT2D eigenvalue weighted by atomic mass is 16.6. The molecule has 1 aromatic carbocycles. The van der Waals surface area contributed by atoms with E-state index < -0.39 is 4.92 Å². The van der Waals surface area contributed by atoms with E-state index in [0.29, 0.717) is 17.8 Å². The first-order valence-electron chi connectivity index (χ1n) is 7.34. The third-order valence-corrected chi connectivity index (χ3v) is 3.84. The molecule has 6 heteroatoms. The van der Waals surface area contributed by atoms with Crippen molar-refractivity contribution < 1.29 is 9.72 Å². The summed E-state index contributed by atoms with van der Waals surface area (Å²) >= 11 is 0. The predicted molar refractivity (Wildman–Crippen MR) is 81.4 cm³/mol. The van der Waals surface area contributed by atoms with Gasteiger partial charge in [-0.1, -0.05) is 18.9 Å². The Labute approximate surface area is 124 Å². The Morgan fingerprint density at radius 2 is 1.95 bits per heavy atom. The SMILES string of the molecule is Cc1c(NC(=O)CN2CCCCCC2)cccc1[N+](=O)[O-].